The molecule has 0 unspecified atom stereocenters. The molecule has 8 heteroatoms. The largest absolute Gasteiger partial charge is 0.298 e. The fraction of sp³-hybridized carbons (Fsp3) is 0.176. The summed E-state index contributed by atoms with van der Waals surface area (Å²) in [6.07, 6.45) is 1.17. The molecule has 0 fully saturated rings. The van der Waals surface area contributed by atoms with Crippen molar-refractivity contribution in [3.05, 3.63) is 48.0 Å². The van der Waals surface area contributed by atoms with Crippen LogP contribution in [0.15, 0.2) is 52.3 Å². The van der Waals surface area contributed by atoms with Crippen LogP contribution in [0.25, 0.3) is 10.2 Å². The molecule has 25 heavy (non-hydrogen) atoms. The standard InChI is InChI=1S/C17H16N2O3S3/c1-3-23-14-7-5-4-6-12(14)16(20)19-17-18-13-9-8-11(25(2,21)22)10-15(13)24-17/h4-10H,3H2,1-2H3,(H,18,19,20). The molecule has 3 rings (SSSR count). The fourth-order valence-electron chi connectivity index (χ4n) is 2.29. The van der Waals surface area contributed by atoms with Gasteiger partial charge in [0, 0.05) is 11.2 Å². The van der Waals surface area contributed by atoms with Crippen molar-refractivity contribution in [3.63, 3.8) is 0 Å². The molecule has 0 aliphatic rings. The Morgan fingerprint density at radius 3 is 2.72 bits per heavy atom. The molecule has 0 saturated heterocycles. The minimum absolute atomic E-state index is 0.223. The third-order valence-corrected chi connectivity index (χ3v) is 6.44. The summed E-state index contributed by atoms with van der Waals surface area (Å²) in [6.45, 7) is 2.03. The quantitative estimate of drug-likeness (QED) is 0.663. The minimum atomic E-state index is -3.27. The normalized spacial score (nSPS) is 11.6. The Labute approximate surface area is 154 Å². The third kappa shape index (κ3) is 4.02. The van der Waals surface area contributed by atoms with Gasteiger partial charge >= 0.3 is 0 Å². The number of hydrogen-bond donors (Lipinski definition) is 1. The van der Waals surface area contributed by atoms with E-state index in [9.17, 15) is 13.2 Å². The van der Waals surface area contributed by atoms with Crippen molar-refractivity contribution in [2.24, 2.45) is 0 Å². The average molecular weight is 393 g/mol. The maximum Gasteiger partial charge on any atom is 0.258 e. The molecule has 5 nitrogen and oxygen atoms in total. The van der Waals surface area contributed by atoms with Gasteiger partial charge in [-0.25, -0.2) is 13.4 Å². The second-order valence-corrected chi connectivity index (χ2v) is 9.66. The maximum absolute atomic E-state index is 12.6. The van der Waals surface area contributed by atoms with E-state index in [1.165, 1.54) is 23.7 Å². The molecule has 3 aromatic rings. The number of anilines is 1. The molecule has 0 atom stereocenters. The van der Waals surface area contributed by atoms with Crippen molar-refractivity contribution in [1.82, 2.24) is 4.98 Å². The van der Waals surface area contributed by atoms with E-state index < -0.39 is 9.84 Å². The van der Waals surface area contributed by atoms with Gasteiger partial charge in [-0.2, -0.15) is 0 Å². The summed E-state index contributed by atoms with van der Waals surface area (Å²) in [5, 5.41) is 3.26. The Bertz CT molecular complexity index is 1040. The zero-order chi connectivity index (χ0) is 18.0. The van der Waals surface area contributed by atoms with Crippen LogP contribution in [-0.2, 0) is 9.84 Å². The van der Waals surface area contributed by atoms with Gasteiger partial charge in [0.05, 0.1) is 20.7 Å². The summed E-state index contributed by atoms with van der Waals surface area (Å²) in [5.74, 6) is 0.652. The number of carbonyl (C=O) groups is 1. The molecule has 0 spiro atoms. The Hall–Kier alpha value is -1.90. The number of nitrogens with zero attached hydrogens (tertiary/aromatic N) is 1. The van der Waals surface area contributed by atoms with Crippen LogP contribution in [0, 0.1) is 0 Å². The molecule has 1 amide bonds. The van der Waals surface area contributed by atoms with E-state index >= 15 is 0 Å². The highest BCUT2D eigenvalue weighted by atomic mass is 32.2. The van der Waals surface area contributed by atoms with Crippen molar-refractivity contribution in [1.29, 1.82) is 0 Å². The first-order chi connectivity index (χ1) is 11.9. The van der Waals surface area contributed by atoms with Gasteiger partial charge in [0.25, 0.3) is 5.91 Å². The molecule has 0 bridgehead atoms. The van der Waals surface area contributed by atoms with Crippen molar-refractivity contribution in [2.75, 3.05) is 17.3 Å². The van der Waals surface area contributed by atoms with E-state index in [0.717, 1.165) is 15.3 Å². The van der Waals surface area contributed by atoms with Gasteiger partial charge in [0.15, 0.2) is 15.0 Å². The van der Waals surface area contributed by atoms with E-state index in [1.807, 2.05) is 25.1 Å². The van der Waals surface area contributed by atoms with Gasteiger partial charge < -0.3 is 0 Å². The van der Waals surface area contributed by atoms with E-state index in [0.29, 0.717) is 16.2 Å². The van der Waals surface area contributed by atoms with Crippen LogP contribution in [0.5, 0.6) is 0 Å². The molecular weight excluding hydrogens is 376 g/mol. The first kappa shape index (κ1) is 17.9. The number of amides is 1. The fourth-order valence-corrected chi connectivity index (χ4v) is 4.71. The molecule has 1 N–H and O–H groups in total. The Morgan fingerprint density at radius 1 is 1.24 bits per heavy atom. The molecular formula is C17H16N2O3S3. The number of benzene rings is 2. The monoisotopic (exact) mass is 392 g/mol. The molecule has 1 heterocycles. The Kier molecular flexibility index (Phi) is 5.12. The molecule has 1 aromatic heterocycles. The third-order valence-electron chi connectivity index (χ3n) is 3.44. The maximum atomic E-state index is 12.6. The number of sulfone groups is 1. The lowest BCUT2D eigenvalue weighted by Crippen LogP contribution is -2.12. The summed E-state index contributed by atoms with van der Waals surface area (Å²) in [6, 6.07) is 12.2. The predicted molar refractivity (Wildman–Crippen MR) is 104 cm³/mol. The van der Waals surface area contributed by atoms with Crippen LogP contribution in [0.2, 0.25) is 0 Å². The van der Waals surface area contributed by atoms with Crippen LogP contribution >= 0.6 is 23.1 Å². The number of aromatic nitrogens is 1. The highest BCUT2D eigenvalue weighted by Crippen LogP contribution is 2.29. The first-order valence-corrected chi connectivity index (χ1v) is 11.2. The van der Waals surface area contributed by atoms with E-state index in [4.69, 9.17) is 0 Å². The molecule has 0 aliphatic heterocycles. The average Bonchev–Trinajstić information content (AvgIpc) is 2.96. The zero-order valence-electron chi connectivity index (χ0n) is 13.6. The SMILES string of the molecule is CCSc1ccccc1C(=O)Nc1nc2ccc(S(C)(=O)=O)cc2s1. The van der Waals surface area contributed by atoms with Crippen molar-refractivity contribution in [2.45, 2.75) is 16.7 Å². The molecule has 130 valence electrons. The Morgan fingerprint density at radius 2 is 2.00 bits per heavy atom. The predicted octanol–water partition coefficient (Wildman–Crippen LogP) is 4.06. The lowest BCUT2D eigenvalue weighted by Gasteiger charge is -2.07. The van der Waals surface area contributed by atoms with Crippen LogP contribution in [0.1, 0.15) is 17.3 Å². The van der Waals surface area contributed by atoms with E-state index in [2.05, 4.69) is 10.3 Å². The van der Waals surface area contributed by atoms with Crippen LogP contribution < -0.4 is 5.32 Å². The minimum Gasteiger partial charge on any atom is -0.298 e. The number of hydrogen-bond acceptors (Lipinski definition) is 6. The summed E-state index contributed by atoms with van der Waals surface area (Å²) in [7, 11) is -3.27. The second-order valence-electron chi connectivity index (χ2n) is 5.30. The lowest BCUT2D eigenvalue weighted by molar-refractivity contribution is 0.102. The zero-order valence-corrected chi connectivity index (χ0v) is 16.1. The molecule has 0 radical (unpaired) electrons. The van der Waals surface area contributed by atoms with Crippen molar-refractivity contribution in [3.8, 4) is 0 Å². The number of thioether (sulfide) groups is 1. The molecule has 2 aromatic carbocycles. The van der Waals surface area contributed by atoms with Gasteiger partial charge in [0.1, 0.15) is 0 Å². The second kappa shape index (κ2) is 7.15. The number of thiazole rings is 1. The van der Waals surface area contributed by atoms with E-state index in [-0.39, 0.29) is 10.8 Å². The van der Waals surface area contributed by atoms with Crippen LogP contribution in [-0.4, -0.2) is 31.3 Å². The topological polar surface area (TPSA) is 76.1 Å². The van der Waals surface area contributed by atoms with Gasteiger partial charge in [-0.05, 0) is 36.1 Å². The van der Waals surface area contributed by atoms with Crippen LogP contribution in [0.4, 0.5) is 5.13 Å². The molecule has 0 aliphatic carbocycles. The van der Waals surface area contributed by atoms with Gasteiger partial charge in [-0.3, -0.25) is 10.1 Å². The summed E-state index contributed by atoms with van der Waals surface area (Å²) < 4.78 is 24.0. The van der Waals surface area contributed by atoms with Crippen molar-refractivity contribution >= 4 is 54.2 Å². The molecule has 0 saturated carbocycles. The highest BCUT2D eigenvalue weighted by molar-refractivity contribution is 7.99. The summed E-state index contributed by atoms with van der Waals surface area (Å²) in [5.41, 5.74) is 1.26. The van der Waals surface area contributed by atoms with Crippen LogP contribution in [0.3, 0.4) is 0 Å². The van der Waals surface area contributed by atoms with Gasteiger partial charge in [-0.15, -0.1) is 11.8 Å². The number of fused-ring (bicyclic) bond motifs is 1. The first-order valence-electron chi connectivity index (χ1n) is 7.52. The summed E-state index contributed by atoms with van der Waals surface area (Å²) >= 11 is 2.86. The highest BCUT2D eigenvalue weighted by Gasteiger charge is 2.15. The number of rotatable bonds is 5. The van der Waals surface area contributed by atoms with Gasteiger partial charge in [-0.1, -0.05) is 30.4 Å². The number of carbonyl (C=O) groups excluding carboxylic acids is 1. The Balaban J connectivity index is 1.89. The van der Waals surface area contributed by atoms with Crippen molar-refractivity contribution < 1.29 is 13.2 Å². The lowest BCUT2D eigenvalue weighted by atomic mass is 10.2. The van der Waals surface area contributed by atoms with E-state index in [1.54, 1.807) is 30.0 Å². The van der Waals surface area contributed by atoms with Gasteiger partial charge in [0.2, 0.25) is 0 Å². The smallest absolute Gasteiger partial charge is 0.258 e. The number of nitrogens with one attached hydrogen (secondary N) is 1. The summed E-state index contributed by atoms with van der Waals surface area (Å²) in [4.78, 5) is 18.1.